The average molecular weight is 278 g/mol. The molecule has 0 radical (unpaired) electrons. The van der Waals surface area contributed by atoms with E-state index in [0.29, 0.717) is 18.7 Å². The van der Waals surface area contributed by atoms with Crippen LogP contribution in [0.3, 0.4) is 0 Å². The minimum Gasteiger partial charge on any atom is -0.320 e. The molecule has 1 aliphatic rings. The lowest BCUT2D eigenvalue weighted by Crippen LogP contribution is -2.25. The van der Waals surface area contributed by atoms with E-state index in [4.69, 9.17) is 5.73 Å². The second-order valence-electron chi connectivity index (χ2n) is 4.55. The fourth-order valence-electron chi connectivity index (χ4n) is 2.10. The van der Waals surface area contributed by atoms with E-state index in [2.05, 4.69) is 16.7 Å². The quantitative estimate of drug-likeness (QED) is 0.840. The van der Waals surface area contributed by atoms with Gasteiger partial charge in [-0.05, 0) is 30.9 Å². The second-order valence-corrected chi connectivity index (χ2v) is 5.78. The molecule has 2 nitrogen and oxygen atoms in total. The Balaban J connectivity index is 2.03. The lowest BCUT2D eigenvalue weighted by atomic mass is 10.1. The van der Waals surface area contributed by atoms with Gasteiger partial charge in [-0.3, -0.25) is 4.90 Å². The molecule has 1 heterocycles. The van der Waals surface area contributed by atoms with Crippen molar-refractivity contribution < 1.29 is 4.39 Å². The smallest absolute Gasteiger partial charge is 0.128 e. The molecule has 19 heavy (non-hydrogen) atoms. The van der Waals surface area contributed by atoms with Crippen molar-refractivity contribution in [2.45, 2.75) is 13.0 Å². The summed E-state index contributed by atoms with van der Waals surface area (Å²) in [6.07, 6.45) is 1.19. The summed E-state index contributed by atoms with van der Waals surface area (Å²) in [5.41, 5.74) is 6.75. The Kier molecular flexibility index (Phi) is 5.71. The van der Waals surface area contributed by atoms with Gasteiger partial charge in [0.1, 0.15) is 5.82 Å². The normalized spacial score (nSPS) is 16.5. The van der Waals surface area contributed by atoms with Gasteiger partial charge in [0.2, 0.25) is 0 Å². The van der Waals surface area contributed by atoms with Gasteiger partial charge >= 0.3 is 0 Å². The Morgan fingerprint density at radius 3 is 3.00 bits per heavy atom. The minimum atomic E-state index is -0.166. The summed E-state index contributed by atoms with van der Waals surface area (Å²) in [4.78, 5) is 2.32. The van der Waals surface area contributed by atoms with E-state index in [0.717, 1.165) is 24.4 Å². The van der Waals surface area contributed by atoms with E-state index in [1.54, 1.807) is 0 Å². The molecule has 1 aromatic carbocycles. The van der Waals surface area contributed by atoms with Crippen molar-refractivity contribution in [3.05, 3.63) is 35.1 Å². The van der Waals surface area contributed by atoms with Crippen molar-refractivity contribution in [2.24, 2.45) is 5.73 Å². The maximum absolute atomic E-state index is 14.0. The van der Waals surface area contributed by atoms with E-state index in [1.807, 2.05) is 23.9 Å². The highest BCUT2D eigenvalue weighted by molar-refractivity contribution is 7.99. The molecule has 2 N–H and O–H groups in total. The largest absolute Gasteiger partial charge is 0.320 e. The van der Waals surface area contributed by atoms with Crippen molar-refractivity contribution in [1.82, 2.24) is 4.90 Å². The third kappa shape index (κ3) is 4.54. The molecule has 2 rings (SSSR count). The Hall–Kier alpha value is -1.02. The monoisotopic (exact) mass is 278 g/mol. The SMILES string of the molecule is NCC#Cc1ccc(CN2CCCSCC2)c(F)c1. The second kappa shape index (κ2) is 7.54. The summed E-state index contributed by atoms with van der Waals surface area (Å²) in [5, 5.41) is 0. The number of hydrogen-bond donors (Lipinski definition) is 1. The summed E-state index contributed by atoms with van der Waals surface area (Å²) in [7, 11) is 0. The van der Waals surface area contributed by atoms with Crippen LogP contribution in [-0.4, -0.2) is 36.0 Å². The van der Waals surface area contributed by atoms with E-state index in [9.17, 15) is 4.39 Å². The van der Waals surface area contributed by atoms with Crippen LogP contribution in [0.15, 0.2) is 18.2 Å². The summed E-state index contributed by atoms with van der Waals surface area (Å²) in [6.45, 7) is 3.09. The van der Waals surface area contributed by atoms with Crippen LogP contribution in [0.4, 0.5) is 4.39 Å². The molecule has 0 aromatic heterocycles. The molecule has 0 atom stereocenters. The zero-order chi connectivity index (χ0) is 13.5. The van der Waals surface area contributed by atoms with Crippen LogP contribution in [0, 0.1) is 17.7 Å². The molecular formula is C15H19FN2S. The fraction of sp³-hybridized carbons (Fsp3) is 0.467. The number of rotatable bonds is 2. The van der Waals surface area contributed by atoms with Gasteiger partial charge in [0, 0.05) is 30.0 Å². The van der Waals surface area contributed by atoms with Crippen LogP contribution in [0.1, 0.15) is 17.5 Å². The third-order valence-electron chi connectivity index (χ3n) is 3.10. The van der Waals surface area contributed by atoms with Gasteiger partial charge in [0.15, 0.2) is 0 Å². The number of thioether (sulfide) groups is 1. The molecule has 0 amide bonds. The molecule has 1 saturated heterocycles. The molecule has 0 aliphatic carbocycles. The van der Waals surface area contributed by atoms with Crippen LogP contribution in [0.5, 0.6) is 0 Å². The molecule has 0 saturated carbocycles. The van der Waals surface area contributed by atoms with E-state index in [1.165, 1.54) is 18.2 Å². The molecule has 0 bridgehead atoms. The highest BCUT2D eigenvalue weighted by Crippen LogP contribution is 2.16. The van der Waals surface area contributed by atoms with Gasteiger partial charge < -0.3 is 5.73 Å². The first kappa shape index (κ1) is 14.4. The van der Waals surface area contributed by atoms with Crippen molar-refractivity contribution in [2.75, 3.05) is 31.1 Å². The zero-order valence-corrected chi connectivity index (χ0v) is 11.8. The van der Waals surface area contributed by atoms with Crippen LogP contribution in [0.25, 0.3) is 0 Å². The van der Waals surface area contributed by atoms with E-state index < -0.39 is 0 Å². The maximum atomic E-state index is 14.0. The first-order chi connectivity index (χ1) is 9.29. The summed E-state index contributed by atoms with van der Waals surface area (Å²) in [5.74, 6) is 7.78. The predicted molar refractivity (Wildman–Crippen MR) is 79.6 cm³/mol. The zero-order valence-electron chi connectivity index (χ0n) is 11.0. The Morgan fingerprint density at radius 1 is 1.32 bits per heavy atom. The standard InChI is InChI=1S/C15H19FN2S/c16-15-11-13(3-1-6-17)4-5-14(15)12-18-7-2-9-19-10-8-18/h4-5,11H,2,6-10,12,17H2. The van der Waals surface area contributed by atoms with E-state index in [-0.39, 0.29) is 5.82 Å². The van der Waals surface area contributed by atoms with Gasteiger partial charge in [0.25, 0.3) is 0 Å². The highest BCUT2D eigenvalue weighted by Gasteiger charge is 2.12. The van der Waals surface area contributed by atoms with Crippen molar-refractivity contribution >= 4 is 11.8 Å². The van der Waals surface area contributed by atoms with Gasteiger partial charge in [-0.1, -0.05) is 17.9 Å². The molecule has 1 aliphatic heterocycles. The third-order valence-corrected chi connectivity index (χ3v) is 4.15. The van der Waals surface area contributed by atoms with Crippen LogP contribution >= 0.6 is 11.8 Å². The lowest BCUT2D eigenvalue weighted by Gasteiger charge is -2.19. The molecule has 0 unspecified atom stereocenters. The fourth-order valence-corrected chi connectivity index (χ4v) is 3.03. The topological polar surface area (TPSA) is 29.3 Å². The van der Waals surface area contributed by atoms with Crippen molar-refractivity contribution in [3.8, 4) is 11.8 Å². The molecule has 4 heteroatoms. The van der Waals surface area contributed by atoms with Crippen LogP contribution < -0.4 is 5.73 Å². The van der Waals surface area contributed by atoms with Crippen LogP contribution in [0.2, 0.25) is 0 Å². The summed E-state index contributed by atoms with van der Waals surface area (Å²) >= 11 is 1.98. The molecular weight excluding hydrogens is 259 g/mol. The summed E-state index contributed by atoms with van der Waals surface area (Å²) in [6, 6.07) is 5.21. The van der Waals surface area contributed by atoms with Gasteiger partial charge in [0.05, 0.1) is 6.54 Å². The van der Waals surface area contributed by atoms with E-state index >= 15 is 0 Å². The van der Waals surface area contributed by atoms with Gasteiger partial charge in [-0.25, -0.2) is 4.39 Å². The Labute approximate surface area is 118 Å². The number of benzene rings is 1. The summed E-state index contributed by atoms with van der Waals surface area (Å²) < 4.78 is 14.0. The Morgan fingerprint density at radius 2 is 2.21 bits per heavy atom. The number of hydrogen-bond acceptors (Lipinski definition) is 3. The van der Waals surface area contributed by atoms with Gasteiger partial charge in [-0.2, -0.15) is 11.8 Å². The first-order valence-electron chi connectivity index (χ1n) is 6.57. The maximum Gasteiger partial charge on any atom is 0.128 e. The number of halogens is 1. The first-order valence-corrected chi connectivity index (χ1v) is 7.72. The molecule has 1 fully saturated rings. The number of nitrogens with zero attached hydrogens (tertiary/aromatic N) is 1. The molecule has 1 aromatic rings. The van der Waals surface area contributed by atoms with Crippen molar-refractivity contribution in [3.63, 3.8) is 0 Å². The predicted octanol–water partition coefficient (Wildman–Crippen LogP) is 2.07. The molecule has 102 valence electrons. The highest BCUT2D eigenvalue weighted by atomic mass is 32.2. The average Bonchev–Trinajstić information content (AvgIpc) is 2.68. The minimum absolute atomic E-state index is 0.166. The molecule has 0 spiro atoms. The number of nitrogens with two attached hydrogens (primary N) is 1. The van der Waals surface area contributed by atoms with Gasteiger partial charge in [-0.15, -0.1) is 0 Å². The van der Waals surface area contributed by atoms with Crippen LogP contribution in [-0.2, 0) is 6.54 Å². The Bertz CT molecular complexity index is 471. The van der Waals surface area contributed by atoms with Crippen molar-refractivity contribution in [1.29, 1.82) is 0 Å². The lowest BCUT2D eigenvalue weighted by molar-refractivity contribution is 0.283.